The highest BCUT2D eigenvalue weighted by molar-refractivity contribution is 7.92. The highest BCUT2D eigenvalue weighted by atomic mass is 32.2. The number of H-pyrrole nitrogens is 1. The molecule has 30 heavy (non-hydrogen) atoms. The topological polar surface area (TPSA) is 92.2 Å². The third kappa shape index (κ3) is 5.84. The van der Waals surface area contributed by atoms with Crippen molar-refractivity contribution in [2.24, 2.45) is 0 Å². The fourth-order valence-electron chi connectivity index (χ4n) is 3.27. The van der Waals surface area contributed by atoms with Gasteiger partial charge in [-0.05, 0) is 30.7 Å². The van der Waals surface area contributed by atoms with Crippen LogP contribution in [0.2, 0.25) is 0 Å². The second-order valence-corrected chi connectivity index (χ2v) is 10.7. The van der Waals surface area contributed by atoms with Crippen LogP contribution >= 0.6 is 0 Å². The van der Waals surface area contributed by atoms with Crippen molar-refractivity contribution < 1.29 is 8.42 Å². The molecule has 0 spiro atoms. The fourth-order valence-corrected chi connectivity index (χ4v) is 4.45. The zero-order valence-corrected chi connectivity index (χ0v) is 19.2. The highest BCUT2D eigenvalue weighted by Gasteiger charge is 2.19. The zero-order valence-electron chi connectivity index (χ0n) is 18.4. The van der Waals surface area contributed by atoms with Gasteiger partial charge in [0, 0.05) is 22.7 Å². The van der Waals surface area contributed by atoms with Crippen LogP contribution in [0.3, 0.4) is 0 Å². The molecule has 2 N–H and O–H groups in total. The van der Waals surface area contributed by atoms with E-state index >= 15 is 0 Å². The van der Waals surface area contributed by atoms with Crippen molar-refractivity contribution in [2.75, 3.05) is 10.5 Å². The Bertz CT molecular complexity index is 1030. The molecule has 0 aliphatic carbocycles. The third-order valence-corrected chi connectivity index (χ3v) is 6.47. The molecule has 164 valence electrons. The number of benzene rings is 1. The minimum Gasteiger partial charge on any atom is -0.321 e. The number of anilines is 1. The molecule has 0 saturated heterocycles. The summed E-state index contributed by atoms with van der Waals surface area (Å²) < 4.78 is 28.9. The van der Waals surface area contributed by atoms with E-state index in [0.29, 0.717) is 17.9 Å². The first-order chi connectivity index (χ1) is 14.2. The Kier molecular flexibility index (Phi) is 6.85. The summed E-state index contributed by atoms with van der Waals surface area (Å²) in [4.78, 5) is 3.27. The average molecular weight is 432 g/mol. The molecule has 0 aliphatic heterocycles. The van der Waals surface area contributed by atoms with E-state index in [-0.39, 0.29) is 11.2 Å². The first-order valence-electron chi connectivity index (χ1n) is 10.8. The number of hydrogen-bond acceptors (Lipinski definition) is 4. The van der Waals surface area contributed by atoms with Crippen molar-refractivity contribution in [3.63, 3.8) is 0 Å². The SMILES string of the molecule is CCCCCCCCS(=O)(=O)Nc1ccc(-c2nn3nc(C(C)(C)C)cc3[nH]2)cc1. The fraction of sp³-hybridized carbons (Fsp3) is 0.545. The molecule has 2 heterocycles. The molecule has 0 aliphatic rings. The molecule has 0 atom stereocenters. The Labute approximate surface area is 179 Å². The molecule has 0 radical (unpaired) electrons. The lowest BCUT2D eigenvalue weighted by Gasteiger charge is -2.13. The number of nitrogens with zero attached hydrogens (tertiary/aromatic N) is 3. The molecule has 0 unspecified atom stereocenters. The van der Waals surface area contributed by atoms with Gasteiger partial charge in [0.15, 0.2) is 11.5 Å². The Morgan fingerprint density at radius 1 is 1.00 bits per heavy atom. The van der Waals surface area contributed by atoms with E-state index in [1.807, 2.05) is 18.2 Å². The van der Waals surface area contributed by atoms with Gasteiger partial charge in [0.05, 0.1) is 11.4 Å². The van der Waals surface area contributed by atoms with Crippen LogP contribution in [0.15, 0.2) is 30.3 Å². The predicted molar refractivity (Wildman–Crippen MR) is 122 cm³/mol. The number of aromatic amines is 1. The largest absolute Gasteiger partial charge is 0.321 e. The smallest absolute Gasteiger partial charge is 0.232 e. The van der Waals surface area contributed by atoms with Crippen LogP contribution in [0.4, 0.5) is 5.69 Å². The normalized spacial score (nSPS) is 12.5. The molecule has 3 rings (SSSR count). The first-order valence-corrected chi connectivity index (χ1v) is 12.4. The molecule has 1 aromatic carbocycles. The van der Waals surface area contributed by atoms with Crippen molar-refractivity contribution >= 4 is 21.4 Å². The van der Waals surface area contributed by atoms with Gasteiger partial charge in [0.2, 0.25) is 10.0 Å². The van der Waals surface area contributed by atoms with E-state index in [1.54, 1.807) is 16.8 Å². The summed E-state index contributed by atoms with van der Waals surface area (Å²) in [5.41, 5.74) is 3.21. The Morgan fingerprint density at radius 3 is 2.30 bits per heavy atom. The third-order valence-electron chi connectivity index (χ3n) is 5.10. The van der Waals surface area contributed by atoms with E-state index in [4.69, 9.17) is 0 Å². The molecular formula is C22H33N5O2S. The van der Waals surface area contributed by atoms with Crippen LogP contribution in [0.5, 0.6) is 0 Å². The van der Waals surface area contributed by atoms with Gasteiger partial charge in [-0.15, -0.1) is 9.73 Å². The number of sulfonamides is 1. The Balaban J connectivity index is 1.59. The average Bonchev–Trinajstić information content (AvgIpc) is 3.24. The summed E-state index contributed by atoms with van der Waals surface area (Å²) in [6, 6.07) is 9.23. The van der Waals surface area contributed by atoms with Crippen molar-refractivity contribution in [1.29, 1.82) is 0 Å². The van der Waals surface area contributed by atoms with Crippen molar-refractivity contribution in [3.8, 4) is 11.4 Å². The molecule has 3 aromatic rings. The van der Waals surface area contributed by atoms with Gasteiger partial charge in [-0.1, -0.05) is 59.8 Å². The molecule has 0 amide bonds. The lowest BCUT2D eigenvalue weighted by atomic mass is 9.93. The first kappa shape index (κ1) is 22.3. The second kappa shape index (κ2) is 9.20. The van der Waals surface area contributed by atoms with E-state index < -0.39 is 10.0 Å². The minimum atomic E-state index is -3.32. The van der Waals surface area contributed by atoms with Gasteiger partial charge in [-0.3, -0.25) is 4.72 Å². The Hall–Kier alpha value is -2.35. The lowest BCUT2D eigenvalue weighted by molar-refractivity contribution is 0.557. The summed E-state index contributed by atoms with van der Waals surface area (Å²) in [5.74, 6) is 0.853. The van der Waals surface area contributed by atoms with Gasteiger partial charge in [0.1, 0.15) is 0 Å². The molecule has 7 nitrogen and oxygen atoms in total. The number of hydrogen-bond donors (Lipinski definition) is 2. The molecule has 0 saturated carbocycles. The molecule has 8 heteroatoms. The molecular weight excluding hydrogens is 398 g/mol. The number of nitrogens with one attached hydrogen (secondary N) is 2. The maximum absolute atomic E-state index is 12.3. The van der Waals surface area contributed by atoms with Crippen molar-refractivity contribution in [2.45, 2.75) is 71.6 Å². The van der Waals surface area contributed by atoms with Crippen molar-refractivity contribution in [3.05, 3.63) is 36.0 Å². The lowest BCUT2D eigenvalue weighted by Crippen LogP contribution is -2.16. The van der Waals surface area contributed by atoms with Crippen LogP contribution in [-0.2, 0) is 15.4 Å². The Morgan fingerprint density at radius 2 is 1.67 bits per heavy atom. The summed E-state index contributed by atoms with van der Waals surface area (Å²) in [6.07, 6.45) is 6.34. The van der Waals surface area contributed by atoms with Gasteiger partial charge in [0.25, 0.3) is 0 Å². The summed E-state index contributed by atoms with van der Waals surface area (Å²) in [7, 11) is -3.32. The maximum Gasteiger partial charge on any atom is 0.232 e. The van der Waals surface area contributed by atoms with Crippen LogP contribution < -0.4 is 4.72 Å². The van der Waals surface area contributed by atoms with Crippen LogP contribution in [0.25, 0.3) is 17.0 Å². The van der Waals surface area contributed by atoms with Gasteiger partial charge < -0.3 is 4.98 Å². The number of rotatable bonds is 10. The number of aromatic nitrogens is 4. The summed E-state index contributed by atoms with van der Waals surface area (Å²) in [6.45, 7) is 8.51. The minimum absolute atomic E-state index is 0.0387. The zero-order chi connectivity index (χ0) is 21.8. The number of unbranched alkanes of at least 4 members (excludes halogenated alkanes) is 5. The molecule has 0 bridgehead atoms. The standard InChI is InChI=1S/C22H33N5O2S/c1-5-6-7-8-9-10-15-30(28,29)26-18-13-11-17(12-14-18)21-23-20-16-19(22(2,3)4)24-27(20)25-21/h11-14,16,26H,5-10,15H2,1-4H3,(H,23,25). The van der Waals surface area contributed by atoms with Crippen LogP contribution in [0.1, 0.15) is 71.9 Å². The number of fused-ring (bicyclic) bond motifs is 1. The second-order valence-electron chi connectivity index (χ2n) is 8.89. The van der Waals surface area contributed by atoms with E-state index in [9.17, 15) is 8.42 Å². The van der Waals surface area contributed by atoms with Crippen LogP contribution in [-0.4, -0.2) is 34.0 Å². The van der Waals surface area contributed by atoms with Gasteiger partial charge in [-0.2, -0.15) is 5.10 Å². The quantitative estimate of drug-likeness (QED) is 0.436. The summed E-state index contributed by atoms with van der Waals surface area (Å²) >= 11 is 0. The van der Waals surface area contributed by atoms with Crippen LogP contribution in [0, 0.1) is 0 Å². The van der Waals surface area contributed by atoms with E-state index in [0.717, 1.165) is 29.7 Å². The predicted octanol–water partition coefficient (Wildman–Crippen LogP) is 5.12. The van der Waals surface area contributed by atoms with E-state index in [2.05, 4.69) is 47.6 Å². The summed E-state index contributed by atoms with van der Waals surface area (Å²) in [5, 5.41) is 9.03. The van der Waals surface area contributed by atoms with Gasteiger partial charge in [-0.25, -0.2) is 8.42 Å². The highest BCUT2D eigenvalue weighted by Crippen LogP contribution is 2.24. The van der Waals surface area contributed by atoms with Crippen molar-refractivity contribution in [1.82, 2.24) is 19.8 Å². The molecule has 0 fully saturated rings. The maximum atomic E-state index is 12.3. The van der Waals surface area contributed by atoms with E-state index in [1.165, 1.54) is 19.3 Å². The monoisotopic (exact) mass is 431 g/mol. The molecule has 2 aromatic heterocycles. The van der Waals surface area contributed by atoms with Gasteiger partial charge >= 0.3 is 0 Å².